The molecule has 2 heteroatoms. The van der Waals surface area contributed by atoms with Crippen molar-refractivity contribution < 1.29 is 0 Å². The molecule has 0 saturated carbocycles. The number of hydrogen-bond donors (Lipinski definition) is 1. The van der Waals surface area contributed by atoms with Crippen LogP contribution in [0.1, 0.15) is 24.5 Å². The van der Waals surface area contributed by atoms with E-state index in [4.69, 9.17) is 0 Å². The Morgan fingerprint density at radius 3 is 3.00 bits per heavy atom. The summed E-state index contributed by atoms with van der Waals surface area (Å²) in [5.41, 5.74) is 2.88. The van der Waals surface area contributed by atoms with E-state index in [0.717, 1.165) is 19.6 Å². The fourth-order valence-corrected chi connectivity index (χ4v) is 2.31. The number of hydrogen-bond acceptors (Lipinski definition) is 2. The molecule has 1 saturated heterocycles. The SMILES string of the molecule is Cc1ccccc1CN1CCCNCC1C. The summed E-state index contributed by atoms with van der Waals surface area (Å²) in [4.78, 5) is 2.59. The van der Waals surface area contributed by atoms with Crippen LogP contribution in [-0.2, 0) is 6.54 Å². The van der Waals surface area contributed by atoms with Crippen molar-refractivity contribution in [3.63, 3.8) is 0 Å². The van der Waals surface area contributed by atoms with Crippen LogP contribution in [0.4, 0.5) is 0 Å². The fraction of sp³-hybridized carbons (Fsp3) is 0.571. The van der Waals surface area contributed by atoms with Crippen molar-refractivity contribution in [2.24, 2.45) is 0 Å². The van der Waals surface area contributed by atoms with Crippen LogP contribution in [-0.4, -0.2) is 30.6 Å². The molecule has 88 valence electrons. The van der Waals surface area contributed by atoms with Crippen molar-refractivity contribution in [3.05, 3.63) is 35.4 Å². The lowest BCUT2D eigenvalue weighted by atomic mass is 10.1. The third kappa shape index (κ3) is 2.83. The molecule has 0 spiro atoms. The number of nitrogens with zero attached hydrogens (tertiary/aromatic N) is 1. The van der Waals surface area contributed by atoms with Crippen LogP contribution in [0.3, 0.4) is 0 Å². The minimum Gasteiger partial charge on any atom is -0.315 e. The van der Waals surface area contributed by atoms with Gasteiger partial charge in [-0.25, -0.2) is 0 Å². The number of benzene rings is 1. The van der Waals surface area contributed by atoms with E-state index in [0.29, 0.717) is 6.04 Å². The van der Waals surface area contributed by atoms with E-state index < -0.39 is 0 Å². The van der Waals surface area contributed by atoms with Crippen LogP contribution in [0.2, 0.25) is 0 Å². The van der Waals surface area contributed by atoms with Gasteiger partial charge in [0.15, 0.2) is 0 Å². The smallest absolute Gasteiger partial charge is 0.0239 e. The second-order valence-corrected chi connectivity index (χ2v) is 4.80. The molecule has 16 heavy (non-hydrogen) atoms. The standard InChI is InChI=1S/C14H22N2/c1-12-6-3-4-7-14(12)11-16-9-5-8-15-10-13(16)2/h3-4,6-7,13,15H,5,8-11H2,1-2H3. The van der Waals surface area contributed by atoms with E-state index in [9.17, 15) is 0 Å². The van der Waals surface area contributed by atoms with Gasteiger partial charge in [-0.1, -0.05) is 24.3 Å². The highest BCUT2D eigenvalue weighted by molar-refractivity contribution is 5.25. The van der Waals surface area contributed by atoms with Gasteiger partial charge in [0.05, 0.1) is 0 Å². The van der Waals surface area contributed by atoms with E-state index in [1.807, 2.05) is 0 Å². The average Bonchev–Trinajstić information content (AvgIpc) is 2.48. The average molecular weight is 218 g/mol. The highest BCUT2D eigenvalue weighted by Crippen LogP contribution is 2.13. The van der Waals surface area contributed by atoms with Crippen LogP contribution >= 0.6 is 0 Å². The van der Waals surface area contributed by atoms with Gasteiger partial charge < -0.3 is 5.32 Å². The molecule has 1 aromatic rings. The van der Waals surface area contributed by atoms with Crippen LogP contribution in [0.25, 0.3) is 0 Å². The first-order valence-electron chi connectivity index (χ1n) is 6.26. The van der Waals surface area contributed by atoms with Crippen molar-refractivity contribution in [3.8, 4) is 0 Å². The molecule has 0 aliphatic carbocycles. The maximum atomic E-state index is 3.49. The Morgan fingerprint density at radius 2 is 2.19 bits per heavy atom. The summed E-state index contributed by atoms with van der Waals surface area (Å²) < 4.78 is 0. The zero-order valence-corrected chi connectivity index (χ0v) is 10.4. The van der Waals surface area contributed by atoms with Gasteiger partial charge in [-0.15, -0.1) is 0 Å². The molecule has 0 amide bonds. The Hall–Kier alpha value is -0.860. The molecule has 1 fully saturated rings. The summed E-state index contributed by atoms with van der Waals surface area (Å²) >= 11 is 0. The normalized spacial score (nSPS) is 23.0. The molecule has 0 radical (unpaired) electrons. The van der Waals surface area contributed by atoms with E-state index in [1.165, 1.54) is 24.1 Å². The summed E-state index contributed by atoms with van der Waals surface area (Å²) in [6, 6.07) is 9.35. The second kappa shape index (κ2) is 5.46. The van der Waals surface area contributed by atoms with Crippen LogP contribution in [0.5, 0.6) is 0 Å². The molecule has 2 rings (SSSR count). The van der Waals surface area contributed by atoms with Crippen molar-refractivity contribution in [1.82, 2.24) is 10.2 Å². The largest absolute Gasteiger partial charge is 0.315 e. The Labute approximate surface area is 98.7 Å². The van der Waals surface area contributed by atoms with Crippen molar-refractivity contribution in [1.29, 1.82) is 0 Å². The van der Waals surface area contributed by atoms with Crippen molar-refractivity contribution >= 4 is 0 Å². The predicted octanol–water partition coefficient (Wildman–Crippen LogP) is 2.18. The first-order chi connectivity index (χ1) is 7.77. The fourth-order valence-electron chi connectivity index (χ4n) is 2.31. The summed E-state index contributed by atoms with van der Waals surface area (Å²) in [6.45, 7) is 9.10. The Bertz CT molecular complexity index is 335. The molecule has 1 unspecified atom stereocenters. The molecule has 1 heterocycles. The molecule has 2 nitrogen and oxygen atoms in total. The van der Waals surface area contributed by atoms with Gasteiger partial charge in [-0.2, -0.15) is 0 Å². The summed E-state index contributed by atoms with van der Waals surface area (Å²) in [5, 5.41) is 3.49. The maximum absolute atomic E-state index is 3.49. The number of aryl methyl sites for hydroxylation is 1. The minimum atomic E-state index is 0.641. The molecule has 1 aliphatic rings. The van der Waals surface area contributed by atoms with Gasteiger partial charge in [-0.05, 0) is 37.9 Å². The van der Waals surface area contributed by atoms with E-state index in [-0.39, 0.29) is 0 Å². The highest BCUT2D eigenvalue weighted by Gasteiger charge is 2.16. The Morgan fingerprint density at radius 1 is 1.38 bits per heavy atom. The van der Waals surface area contributed by atoms with E-state index in [1.54, 1.807) is 0 Å². The minimum absolute atomic E-state index is 0.641. The van der Waals surface area contributed by atoms with Gasteiger partial charge in [0.2, 0.25) is 0 Å². The number of rotatable bonds is 2. The third-order valence-electron chi connectivity index (χ3n) is 3.50. The molecular weight excluding hydrogens is 196 g/mol. The Balaban J connectivity index is 2.05. The molecule has 1 atom stereocenters. The van der Waals surface area contributed by atoms with Gasteiger partial charge in [0, 0.05) is 25.7 Å². The molecule has 1 N–H and O–H groups in total. The first-order valence-corrected chi connectivity index (χ1v) is 6.26. The van der Waals surface area contributed by atoms with Gasteiger partial charge in [-0.3, -0.25) is 4.90 Å². The van der Waals surface area contributed by atoms with Crippen LogP contribution in [0.15, 0.2) is 24.3 Å². The topological polar surface area (TPSA) is 15.3 Å². The summed E-state index contributed by atoms with van der Waals surface area (Å²) in [7, 11) is 0. The quantitative estimate of drug-likeness (QED) is 0.818. The predicted molar refractivity (Wildman–Crippen MR) is 68.5 cm³/mol. The lowest BCUT2D eigenvalue weighted by Gasteiger charge is -2.27. The molecule has 0 bridgehead atoms. The molecule has 0 aromatic heterocycles. The van der Waals surface area contributed by atoms with E-state index >= 15 is 0 Å². The van der Waals surface area contributed by atoms with Gasteiger partial charge in [0.1, 0.15) is 0 Å². The van der Waals surface area contributed by atoms with Gasteiger partial charge >= 0.3 is 0 Å². The Kier molecular flexibility index (Phi) is 3.97. The molecule has 1 aromatic carbocycles. The monoisotopic (exact) mass is 218 g/mol. The lowest BCUT2D eigenvalue weighted by molar-refractivity contribution is 0.213. The van der Waals surface area contributed by atoms with Crippen LogP contribution in [0, 0.1) is 6.92 Å². The third-order valence-corrected chi connectivity index (χ3v) is 3.50. The highest BCUT2D eigenvalue weighted by atomic mass is 15.2. The molecule has 1 aliphatic heterocycles. The zero-order chi connectivity index (χ0) is 11.4. The number of nitrogens with one attached hydrogen (secondary N) is 1. The second-order valence-electron chi connectivity index (χ2n) is 4.80. The summed E-state index contributed by atoms with van der Waals surface area (Å²) in [5.74, 6) is 0. The maximum Gasteiger partial charge on any atom is 0.0239 e. The summed E-state index contributed by atoms with van der Waals surface area (Å²) in [6.07, 6.45) is 1.26. The van der Waals surface area contributed by atoms with E-state index in [2.05, 4.69) is 48.3 Å². The van der Waals surface area contributed by atoms with Crippen molar-refractivity contribution in [2.75, 3.05) is 19.6 Å². The van der Waals surface area contributed by atoms with Gasteiger partial charge in [0.25, 0.3) is 0 Å². The van der Waals surface area contributed by atoms with Crippen LogP contribution < -0.4 is 5.32 Å². The lowest BCUT2D eigenvalue weighted by Crippen LogP contribution is -2.36. The van der Waals surface area contributed by atoms with Crippen molar-refractivity contribution in [2.45, 2.75) is 32.9 Å². The first kappa shape index (κ1) is 11.6. The zero-order valence-electron chi connectivity index (χ0n) is 10.4. The molecular formula is C14H22N2.